The predicted molar refractivity (Wildman–Crippen MR) is 143 cm³/mol. The van der Waals surface area contributed by atoms with E-state index in [4.69, 9.17) is 27.8 Å². The number of morpholine rings is 1. The largest absolute Gasteiger partial charge is 0.378 e. The molecule has 3 aromatic rings. The predicted octanol–water partition coefficient (Wildman–Crippen LogP) is 3.09. The van der Waals surface area contributed by atoms with Crippen LogP contribution in [0.1, 0.15) is 23.9 Å². The van der Waals surface area contributed by atoms with E-state index in [1.165, 1.54) is 5.69 Å². The van der Waals surface area contributed by atoms with Crippen LogP contribution < -0.4 is 16.1 Å². The van der Waals surface area contributed by atoms with E-state index < -0.39 is 5.91 Å². The molecule has 0 spiro atoms. The molecular formula is C26H25N7O2S. The van der Waals surface area contributed by atoms with Gasteiger partial charge in [0, 0.05) is 37.0 Å². The molecule has 1 fully saturated rings. The second-order valence-corrected chi connectivity index (χ2v) is 8.58. The Morgan fingerprint density at radius 1 is 1.22 bits per heavy atom. The number of amides is 1. The maximum atomic E-state index is 12.3. The maximum absolute atomic E-state index is 12.3. The number of aromatic nitrogens is 2. The number of rotatable bonds is 7. The molecule has 4 rings (SSSR count). The minimum Gasteiger partial charge on any atom is -0.378 e. The first-order valence-electron chi connectivity index (χ1n) is 11.4. The number of anilines is 2. The molecule has 1 aromatic heterocycles. The fraction of sp³-hybridized carbons (Fsp3) is 0.231. The standard InChI is InChI=1S/C26H25N7O2S/c1-17(32-28)25(36)26(34)31-22-7-4-19(15-20(22)16-27)23-8-9-29-24(30-23)14-18-2-5-21(6-3-18)33-10-12-35-13-11-33/h2-9,15H,10-14,28H2,1H3,(H,31,34). The van der Waals surface area contributed by atoms with E-state index in [2.05, 4.69) is 50.6 Å². The first-order valence-corrected chi connectivity index (χ1v) is 11.8. The Morgan fingerprint density at radius 3 is 2.67 bits per heavy atom. The minimum atomic E-state index is -0.551. The Morgan fingerprint density at radius 2 is 1.97 bits per heavy atom. The second-order valence-electron chi connectivity index (χ2n) is 8.17. The third-order valence-corrected chi connectivity index (χ3v) is 6.27. The number of nitriles is 1. The Bertz CT molecular complexity index is 1340. The van der Waals surface area contributed by atoms with Crippen LogP contribution >= 0.6 is 12.2 Å². The Kier molecular flexibility index (Phi) is 7.95. The zero-order valence-corrected chi connectivity index (χ0v) is 20.6. The summed E-state index contributed by atoms with van der Waals surface area (Å²) < 4.78 is 5.42. The number of carbonyl (C=O) groups is 1. The molecule has 9 nitrogen and oxygen atoms in total. The van der Waals surface area contributed by atoms with Gasteiger partial charge in [0.15, 0.2) is 0 Å². The van der Waals surface area contributed by atoms with Crippen LogP contribution in [0.2, 0.25) is 0 Å². The van der Waals surface area contributed by atoms with E-state index in [1.807, 2.05) is 0 Å². The lowest BCUT2D eigenvalue weighted by Gasteiger charge is -2.28. The van der Waals surface area contributed by atoms with Crippen LogP contribution in [0.3, 0.4) is 0 Å². The highest BCUT2D eigenvalue weighted by Crippen LogP contribution is 2.24. The fourth-order valence-corrected chi connectivity index (χ4v) is 3.88. The monoisotopic (exact) mass is 499 g/mol. The number of benzene rings is 2. The molecule has 1 aliphatic heterocycles. The van der Waals surface area contributed by atoms with Gasteiger partial charge in [0.1, 0.15) is 16.8 Å². The normalized spacial score (nSPS) is 13.7. The number of hydrogen-bond donors (Lipinski definition) is 2. The highest BCUT2D eigenvalue weighted by atomic mass is 32.1. The summed E-state index contributed by atoms with van der Waals surface area (Å²) >= 11 is 5.06. The van der Waals surface area contributed by atoms with Crippen LogP contribution in [0.25, 0.3) is 11.3 Å². The minimum absolute atomic E-state index is 0.0381. The van der Waals surface area contributed by atoms with Gasteiger partial charge in [0.2, 0.25) is 0 Å². The number of hydrazone groups is 1. The topological polar surface area (TPSA) is 130 Å². The van der Waals surface area contributed by atoms with Crippen molar-refractivity contribution in [1.29, 1.82) is 5.26 Å². The van der Waals surface area contributed by atoms with Gasteiger partial charge in [0.25, 0.3) is 5.91 Å². The lowest BCUT2D eigenvalue weighted by Crippen LogP contribution is -2.36. The molecule has 0 bridgehead atoms. The van der Waals surface area contributed by atoms with Crippen molar-refractivity contribution in [3.05, 3.63) is 71.7 Å². The number of nitrogens with two attached hydrogens (primary N) is 1. The van der Waals surface area contributed by atoms with Gasteiger partial charge in [-0.2, -0.15) is 10.4 Å². The molecule has 10 heteroatoms. The molecule has 1 amide bonds. The number of thiocarbonyl (C=S) groups is 1. The van der Waals surface area contributed by atoms with Crippen molar-refractivity contribution in [3.8, 4) is 17.3 Å². The first kappa shape index (κ1) is 24.9. The quantitative estimate of drug-likeness (QED) is 0.220. The van der Waals surface area contributed by atoms with Crippen molar-refractivity contribution in [2.24, 2.45) is 10.9 Å². The van der Waals surface area contributed by atoms with Crippen molar-refractivity contribution in [1.82, 2.24) is 9.97 Å². The Balaban J connectivity index is 1.49. The Labute approximate surface area is 214 Å². The van der Waals surface area contributed by atoms with Gasteiger partial charge in [-0.1, -0.05) is 30.4 Å². The van der Waals surface area contributed by atoms with E-state index >= 15 is 0 Å². The van der Waals surface area contributed by atoms with E-state index in [1.54, 1.807) is 37.4 Å². The number of nitrogens with one attached hydrogen (secondary N) is 1. The third-order valence-electron chi connectivity index (χ3n) is 5.79. The molecule has 1 aliphatic rings. The van der Waals surface area contributed by atoms with E-state index in [9.17, 15) is 10.1 Å². The van der Waals surface area contributed by atoms with Gasteiger partial charge in [-0.25, -0.2) is 9.97 Å². The molecule has 0 unspecified atom stereocenters. The lowest BCUT2D eigenvalue weighted by molar-refractivity contribution is -0.110. The summed E-state index contributed by atoms with van der Waals surface area (Å²) in [5, 5.41) is 15.7. The van der Waals surface area contributed by atoms with Gasteiger partial charge >= 0.3 is 0 Å². The van der Waals surface area contributed by atoms with Crippen LogP contribution in [0, 0.1) is 11.3 Å². The molecule has 0 atom stereocenters. The Hall–Kier alpha value is -4.20. The highest BCUT2D eigenvalue weighted by Gasteiger charge is 2.16. The van der Waals surface area contributed by atoms with Crippen molar-refractivity contribution in [2.75, 3.05) is 36.5 Å². The first-order chi connectivity index (χ1) is 17.5. The summed E-state index contributed by atoms with van der Waals surface area (Å²) in [6, 6.07) is 17.4. The molecule has 0 saturated carbocycles. The van der Waals surface area contributed by atoms with E-state index in [0.717, 1.165) is 37.4 Å². The van der Waals surface area contributed by atoms with Crippen LogP contribution in [-0.4, -0.2) is 52.8 Å². The van der Waals surface area contributed by atoms with E-state index in [0.29, 0.717) is 23.6 Å². The average molecular weight is 500 g/mol. The van der Waals surface area contributed by atoms with Gasteiger partial charge in [-0.05, 0) is 42.8 Å². The number of nitrogens with zero attached hydrogens (tertiary/aromatic N) is 5. The van der Waals surface area contributed by atoms with E-state index in [-0.39, 0.29) is 16.1 Å². The van der Waals surface area contributed by atoms with Gasteiger partial charge < -0.3 is 20.8 Å². The second kappa shape index (κ2) is 11.5. The van der Waals surface area contributed by atoms with Crippen LogP contribution in [-0.2, 0) is 16.0 Å². The SMILES string of the molecule is CC(=NN)C(=S)C(=O)Nc1ccc(-c2ccnc(Cc3ccc(N4CCOCC4)cc3)n2)cc1C#N. The van der Waals surface area contributed by atoms with Crippen LogP contribution in [0.4, 0.5) is 11.4 Å². The van der Waals surface area contributed by atoms with Crippen molar-refractivity contribution < 1.29 is 9.53 Å². The molecule has 3 N–H and O–H groups in total. The zero-order valence-electron chi connectivity index (χ0n) is 19.8. The van der Waals surface area contributed by atoms with Gasteiger partial charge in [-0.15, -0.1) is 0 Å². The fourth-order valence-electron chi connectivity index (χ4n) is 3.78. The molecular weight excluding hydrogens is 474 g/mol. The molecule has 2 heterocycles. The summed E-state index contributed by atoms with van der Waals surface area (Å²) in [6.07, 6.45) is 2.28. The maximum Gasteiger partial charge on any atom is 0.268 e. The summed E-state index contributed by atoms with van der Waals surface area (Å²) in [5.41, 5.74) is 4.56. The van der Waals surface area contributed by atoms with Crippen molar-refractivity contribution in [2.45, 2.75) is 13.3 Å². The number of hydrogen-bond acceptors (Lipinski definition) is 9. The van der Waals surface area contributed by atoms with Crippen LogP contribution in [0.15, 0.2) is 59.8 Å². The number of carbonyl (C=O) groups excluding carboxylic acids is 1. The number of ether oxygens (including phenoxy) is 1. The average Bonchev–Trinajstić information content (AvgIpc) is 2.93. The molecule has 2 aromatic carbocycles. The van der Waals surface area contributed by atoms with Crippen LogP contribution in [0.5, 0.6) is 0 Å². The van der Waals surface area contributed by atoms with Gasteiger partial charge in [-0.3, -0.25) is 4.79 Å². The van der Waals surface area contributed by atoms with Crippen molar-refractivity contribution >= 4 is 40.1 Å². The molecule has 182 valence electrons. The smallest absolute Gasteiger partial charge is 0.268 e. The summed E-state index contributed by atoms with van der Waals surface area (Å²) in [4.78, 5) is 23.7. The molecule has 1 saturated heterocycles. The molecule has 0 radical (unpaired) electrons. The van der Waals surface area contributed by atoms with Gasteiger partial charge in [0.05, 0.1) is 35.9 Å². The zero-order chi connectivity index (χ0) is 25.5. The summed E-state index contributed by atoms with van der Waals surface area (Å²) in [6.45, 7) is 4.83. The molecule has 36 heavy (non-hydrogen) atoms. The highest BCUT2D eigenvalue weighted by molar-refractivity contribution is 7.84. The molecule has 0 aliphatic carbocycles. The lowest BCUT2D eigenvalue weighted by atomic mass is 10.1. The summed E-state index contributed by atoms with van der Waals surface area (Å²) in [5.74, 6) is 5.31. The van der Waals surface area contributed by atoms with Crippen molar-refractivity contribution in [3.63, 3.8) is 0 Å². The summed E-state index contributed by atoms with van der Waals surface area (Å²) in [7, 11) is 0. The third kappa shape index (κ3) is 5.89.